The lowest BCUT2D eigenvalue weighted by atomic mass is 10.1. The Kier molecular flexibility index (Phi) is 5.74. The molecule has 2 atom stereocenters. The highest BCUT2D eigenvalue weighted by Gasteiger charge is 2.07. The molecule has 0 fully saturated rings. The van der Waals surface area contributed by atoms with Crippen molar-refractivity contribution in [2.75, 3.05) is 13.2 Å². The highest BCUT2D eigenvalue weighted by molar-refractivity contribution is 6.29. The Bertz CT molecular complexity index is 320. The summed E-state index contributed by atoms with van der Waals surface area (Å²) in [5, 5.41) is 12.7. The first kappa shape index (κ1) is 13.4. The van der Waals surface area contributed by atoms with Gasteiger partial charge in [-0.15, -0.1) is 0 Å². The molecule has 16 heavy (non-hydrogen) atoms. The Hall–Kier alpha value is -0.640. The van der Waals surface area contributed by atoms with E-state index in [-0.39, 0.29) is 12.6 Å². The van der Waals surface area contributed by atoms with Crippen LogP contribution < -0.4 is 5.32 Å². The predicted molar refractivity (Wildman–Crippen MR) is 66.5 cm³/mol. The summed E-state index contributed by atoms with van der Waals surface area (Å²) in [5.74, 6) is 0.477. The van der Waals surface area contributed by atoms with Crippen molar-refractivity contribution in [1.29, 1.82) is 0 Å². The fourth-order valence-corrected chi connectivity index (χ4v) is 1.69. The first-order valence-corrected chi connectivity index (χ1v) is 5.97. The molecular formula is C12H19ClN2O. The summed E-state index contributed by atoms with van der Waals surface area (Å²) in [6.45, 7) is 5.35. The zero-order valence-electron chi connectivity index (χ0n) is 9.78. The number of halogens is 1. The van der Waals surface area contributed by atoms with E-state index in [0.29, 0.717) is 11.1 Å². The average molecular weight is 243 g/mol. The first-order valence-electron chi connectivity index (χ1n) is 5.59. The van der Waals surface area contributed by atoms with Crippen molar-refractivity contribution >= 4 is 11.6 Å². The predicted octanol–water partition coefficient (Wildman–Crippen LogP) is 2.40. The van der Waals surface area contributed by atoms with Gasteiger partial charge in [0.25, 0.3) is 0 Å². The summed E-state index contributed by atoms with van der Waals surface area (Å²) < 4.78 is 0. The lowest BCUT2D eigenvalue weighted by Crippen LogP contribution is -2.25. The molecule has 0 aliphatic rings. The largest absolute Gasteiger partial charge is 0.396 e. The minimum atomic E-state index is 0.248. The van der Waals surface area contributed by atoms with E-state index >= 15 is 0 Å². The highest BCUT2D eigenvalue weighted by atomic mass is 35.5. The van der Waals surface area contributed by atoms with Crippen LogP contribution >= 0.6 is 11.6 Å². The first-order chi connectivity index (χ1) is 7.63. The Balaban J connectivity index is 2.43. The molecule has 3 nitrogen and oxygen atoms in total. The molecule has 0 saturated heterocycles. The summed E-state index contributed by atoms with van der Waals surface area (Å²) in [5.41, 5.74) is 1.14. The minimum Gasteiger partial charge on any atom is -0.396 e. The summed E-state index contributed by atoms with van der Waals surface area (Å²) in [4.78, 5) is 3.95. The maximum atomic E-state index is 8.80. The van der Waals surface area contributed by atoms with Crippen LogP contribution in [-0.2, 0) is 0 Å². The van der Waals surface area contributed by atoms with Crippen molar-refractivity contribution < 1.29 is 5.11 Å². The number of nitrogens with zero attached hydrogens (tertiary/aromatic N) is 1. The van der Waals surface area contributed by atoms with Crippen molar-refractivity contribution in [1.82, 2.24) is 10.3 Å². The molecule has 0 aromatic carbocycles. The second kappa shape index (κ2) is 6.84. The van der Waals surface area contributed by atoms with Crippen LogP contribution in [0, 0.1) is 5.92 Å². The normalized spacial score (nSPS) is 14.8. The van der Waals surface area contributed by atoms with Crippen LogP contribution in [0.1, 0.15) is 31.9 Å². The van der Waals surface area contributed by atoms with E-state index in [1.54, 1.807) is 6.20 Å². The smallest absolute Gasteiger partial charge is 0.129 e. The Morgan fingerprint density at radius 2 is 2.25 bits per heavy atom. The minimum absolute atomic E-state index is 0.248. The number of hydrogen-bond acceptors (Lipinski definition) is 3. The van der Waals surface area contributed by atoms with E-state index in [1.807, 2.05) is 12.1 Å². The molecule has 90 valence electrons. The summed E-state index contributed by atoms with van der Waals surface area (Å²) in [6, 6.07) is 4.08. The van der Waals surface area contributed by atoms with Gasteiger partial charge in [-0.05, 0) is 43.5 Å². The Morgan fingerprint density at radius 3 is 2.88 bits per heavy atom. The number of hydrogen-bond donors (Lipinski definition) is 2. The SMILES string of the molecule is CC(CCO)CNC(C)c1ccnc(Cl)c1. The number of rotatable bonds is 6. The molecule has 0 saturated carbocycles. The summed E-state index contributed by atoms with van der Waals surface area (Å²) >= 11 is 5.83. The molecule has 1 heterocycles. The molecule has 1 aromatic rings. The molecule has 0 radical (unpaired) electrons. The molecule has 0 spiro atoms. The topological polar surface area (TPSA) is 45.1 Å². The van der Waals surface area contributed by atoms with Crippen LogP contribution in [0.2, 0.25) is 5.15 Å². The van der Waals surface area contributed by atoms with Crippen LogP contribution in [0.4, 0.5) is 0 Å². The monoisotopic (exact) mass is 242 g/mol. The maximum Gasteiger partial charge on any atom is 0.129 e. The number of aliphatic hydroxyl groups excluding tert-OH is 1. The van der Waals surface area contributed by atoms with Crippen molar-refractivity contribution in [3.63, 3.8) is 0 Å². The van der Waals surface area contributed by atoms with E-state index in [4.69, 9.17) is 16.7 Å². The number of nitrogens with one attached hydrogen (secondary N) is 1. The average Bonchev–Trinajstić information content (AvgIpc) is 2.26. The summed E-state index contributed by atoms with van der Waals surface area (Å²) in [7, 11) is 0. The fraction of sp³-hybridized carbons (Fsp3) is 0.583. The zero-order valence-corrected chi connectivity index (χ0v) is 10.5. The Labute approximate surface area is 102 Å². The van der Waals surface area contributed by atoms with Crippen LogP contribution in [0.5, 0.6) is 0 Å². The second-order valence-corrected chi connectivity index (χ2v) is 4.55. The van der Waals surface area contributed by atoms with Gasteiger partial charge in [-0.3, -0.25) is 0 Å². The van der Waals surface area contributed by atoms with Gasteiger partial charge < -0.3 is 10.4 Å². The molecule has 0 amide bonds. The van der Waals surface area contributed by atoms with Gasteiger partial charge in [0.05, 0.1) is 0 Å². The fourth-order valence-electron chi connectivity index (χ4n) is 1.51. The number of aromatic nitrogens is 1. The molecule has 0 aliphatic heterocycles. The lowest BCUT2D eigenvalue weighted by Gasteiger charge is -2.17. The standard InChI is InChI=1S/C12H19ClN2O/c1-9(4-6-16)8-15-10(2)11-3-5-14-12(13)7-11/h3,5,7,9-10,15-16H,4,6,8H2,1-2H3. The molecule has 0 aliphatic carbocycles. The van der Waals surface area contributed by atoms with Crippen molar-refractivity contribution in [2.24, 2.45) is 5.92 Å². The zero-order chi connectivity index (χ0) is 12.0. The van der Waals surface area contributed by atoms with E-state index in [0.717, 1.165) is 18.5 Å². The lowest BCUT2D eigenvalue weighted by molar-refractivity contribution is 0.258. The van der Waals surface area contributed by atoms with E-state index in [1.165, 1.54) is 0 Å². The third-order valence-corrected chi connectivity index (χ3v) is 2.85. The molecular weight excluding hydrogens is 224 g/mol. The molecule has 1 aromatic heterocycles. The van der Waals surface area contributed by atoms with Crippen molar-refractivity contribution in [3.8, 4) is 0 Å². The molecule has 0 bridgehead atoms. The van der Waals surface area contributed by atoms with E-state index in [9.17, 15) is 0 Å². The van der Waals surface area contributed by atoms with E-state index < -0.39 is 0 Å². The molecule has 1 rings (SSSR count). The van der Waals surface area contributed by atoms with Crippen LogP contribution in [0.3, 0.4) is 0 Å². The van der Waals surface area contributed by atoms with Gasteiger partial charge in [0, 0.05) is 18.8 Å². The third kappa shape index (κ3) is 4.47. The highest BCUT2D eigenvalue weighted by Crippen LogP contribution is 2.15. The molecule has 2 N–H and O–H groups in total. The number of pyridine rings is 1. The van der Waals surface area contributed by atoms with Gasteiger partial charge in [0.1, 0.15) is 5.15 Å². The van der Waals surface area contributed by atoms with Crippen LogP contribution in [-0.4, -0.2) is 23.2 Å². The second-order valence-electron chi connectivity index (χ2n) is 4.16. The van der Waals surface area contributed by atoms with Crippen molar-refractivity contribution in [3.05, 3.63) is 29.0 Å². The van der Waals surface area contributed by atoms with E-state index in [2.05, 4.69) is 24.1 Å². The third-order valence-electron chi connectivity index (χ3n) is 2.65. The van der Waals surface area contributed by atoms with Gasteiger partial charge in [-0.2, -0.15) is 0 Å². The summed E-state index contributed by atoms with van der Waals surface area (Å²) in [6.07, 6.45) is 2.55. The van der Waals surface area contributed by atoms with Gasteiger partial charge >= 0.3 is 0 Å². The van der Waals surface area contributed by atoms with Gasteiger partial charge in [-0.1, -0.05) is 18.5 Å². The Morgan fingerprint density at radius 1 is 1.50 bits per heavy atom. The van der Waals surface area contributed by atoms with Crippen LogP contribution in [0.25, 0.3) is 0 Å². The van der Waals surface area contributed by atoms with Gasteiger partial charge in [0.2, 0.25) is 0 Å². The van der Waals surface area contributed by atoms with Crippen LogP contribution in [0.15, 0.2) is 18.3 Å². The molecule has 2 unspecified atom stereocenters. The number of aliphatic hydroxyl groups is 1. The van der Waals surface area contributed by atoms with Gasteiger partial charge in [-0.25, -0.2) is 4.98 Å². The van der Waals surface area contributed by atoms with Crippen molar-refractivity contribution in [2.45, 2.75) is 26.3 Å². The molecule has 4 heteroatoms. The van der Waals surface area contributed by atoms with Gasteiger partial charge in [0.15, 0.2) is 0 Å². The maximum absolute atomic E-state index is 8.80. The quantitative estimate of drug-likeness (QED) is 0.753.